The number of nitrogens with two attached hydrogens (primary N) is 1. The molecule has 0 aromatic heterocycles. The maximum atomic E-state index is 6.25. The first kappa shape index (κ1) is 13.0. The third-order valence-electron chi connectivity index (χ3n) is 4.35. The van der Waals surface area contributed by atoms with Crippen LogP contribution in [0.1, 0.15) is 53.9 Å². The molecule has 0 aromatic rings. The van der Waals surface area contributed by atoms with E-state index < -0.39 is 0 Å². The van der Waals surface area contributed by atoms with Crippen molar-refractivity contribution in [3.8, 4) is 0 Å². The van der Waals surface area contributed by atoms with Gasteiger partial charge in [-0.15, -0.1) is 0 Å². The van der Waals surface area contributed by atoms with Gasteiger partial charge < -0.3 is 5.73 Å². The highest BCUT2D eigenvalue weighted by Gasteiger charge is 2.39. The van der Waals surface area contributed by atoms with Crippen LogP contribution >= 0.6 is 0 Å². The van der Waals surface area contributed by atoms with Crippen LogP contribution in [0.3, 0.4) is 0 Å². The Hall–Kier alpha value is -0.0800. The molecule has 1 fully saturated rings. The molecule has 1 saturated heterocycles. The first-order valence-electron chi connectivity index (χ1n) is 6.30. The zero-order chi connectivity index (χ0) is 11.7. The third kappa shape index (κ3) is 2.94. The molecule has 2 heteroatoms. The summed E-state index contributed by atoms with van der Waals surface area (Å²) >= 11 is 0. The molecule has 2 nitrogen and oxygen atoms in total. The normalized spacial score (nSPS) is 22.8. The maximum Gasteiger partial charge on any atom is 0.0196 e. The summed E-state index contributed by atoms with van der Waals surface area (Å²) in [6.45, 7) is 13.7. The highest BCUT2D eigenvalue weighted by atomic mass is 15.2. The van der Waals surface area contributed by atoms with Crippen LogP contribution in [-0.2, 0) is 0 Å². The minimum Gasteiger partial charge on any atom is -0.325 e. The summed E-state index contributed by atoms with van der Waals surface area (Å²) in [7, 11) is 0. The number of hydrogen-bond acceptors (Lipinski definition) is 2. The fraction of sp³-hybridized carbons (Fsp3) is 1.00. The fourth-order valence-electron chi connectivity index (χ4n) is 2.65. The molecule has 1 rings (SSSR count). The summed E-state index contributed by atoms with van der Waals surface area (Å²) in [5.41, 5.74) is 6.37. The summed E-state index contributed by atoms with van der Waals surface area (Å²) in [6.07, 6.45) is 4.09. The molecular formula is C13H28N2. The van der Waals surface area contributed by atoms with Gasteiger partial charge >= 0.3 is 0 Å². The molecule has 0 saturated carbocycles. The first-order chi connectivity index (χ1) is 6.76. The summed E-state index contributed by atoms with van der Waals surface area (Å²) in [4.78, 5) is 2.62. The number of piperidine rings is 1. The van der Waals surface area contributed by atoms with Gasteiger partial charge in [0.25, 0.3) is 0 Å². The maximum absolute atomic E-state index is 6.25. The Morgan fingerprint density at radius 2 is 1.47 bits per heavy atom. The largest absolute Gasteiger partial charge is 0.325 e. The summed E-state index contributed by atoms with van der Waals surface area (Å²) in [6, 6.07) is 0. The minimum absolute atomic E-state index is 0.0963. The van der Waals surface area contributed by atoms with Crippen molar-refractivity contribution in [2.45, 2.75) is 65.0 Å². The fourth-order valence-corrected chi connectivity index (χ4v) is 2.65. The molecule has 15 heavy (non-hydrogen) atoms. The van der Waals surface area contributed by atoms with Crippen molar-refractivity contribution < 1.29 is 0 Å². The van der Waals surface area contributed by atoms with Crippen LogP contribution in [0.15, 0.2) is 0 Å². The van der Waals surface area contributed by atoms with Crippen molar-refractivity contribution in [2.75, 3.05) is 13.1 Å². The SMILES string of the molecule is CC(C(C)(C)N)C(C)(C)N1CCCCC1. The van der Waals surface area contributed by atoms with Gasteiger partial charge in [-0.3, -0.25) is 4.90 Å². The lowest BCUT2D eigenvalue weighted by Crippen LogP contribution is -2.58. The standard InChI is InChI=1S/C13H28N2/c1-11(12(2,3)14)13(4,5)15-9-7-6-8-10-15/h11H,6-10,14H2,1-5H3. The van der Waals surface area contributed by atoms with Gasteiger partial charge in [0.1, 0.15) is 0 Å². The lowest BCUT2D eigenvalue weighted by molar-refractivity contribution is 0.0256. The molecule has 1 aliphatic heterocycles. The Bertz CT molecular complexity index is 197. The van der Waals surface area contributed by atoms with Crippen molar-refractivity contribution in [3.63, 3.8) is 0 Å². The Balaban J connectivity index is 2.71. The van der Waals surface area contributed by atoms with E-state index in [9.17, 15) is 0 Å². The Morgan fingerprint density at radius 1 is 1.00 bits per heavy atom. The highest BCUT2D eigenvalue weighted by Crippen LogP contribution is 2.32. The summed E-state index contributed by atoms with van der Waals surface area (Å²) in [5.74, 6) is 0.503. The third-order valence-corrected chi connectivity index (χ3v) is 4.35. The van der Waals surface area contributed by atoms with Crippen molar-refractivity contribution in [3.05, 3.63) is 0 Å². The molecule has 1 unspecified atom stereocenters. The Labute approximate surface area is 95.2 Å². The molecule has 0 radical (unpaired) electrons. The average molecular weight is 212 g/mol. The van der Waals surface area contributed by atoms with E-state index in [1.54, 1.807) is 0 Å². The second-order valence-corrected chi connectivity index (χ2v) is 6.24. The van der Waals surface area contributed by atoms with E-state index in [0.29, 0.717) is 5.92 Å². The van der Waals surface area contributed by atoms with Gasteiger partial charge in [-0.25, -0.2) is 0 Å². The second kappa shape index (κ2) is 4.42. The van der Waals surface area contributed by atoms with E-state index in [1.807, 2.05) is 0 Å². The summed E-state index contributed by atoms with van der Waals surface area (Å²) in [5, 5.41) is 0. The van der Waals surface area contributed by atoms with Gasteiger partial charge in [0.2, 0.25) is 0 Å². The number of likely N-dealkylation sites (tertiary alicyclic amines) is 1. The van der Waals surface area contributed by atoms with Gasteiger partial charge in [0.15, 0.2) is 0 Å². The summed E-state index contributed by atoms with van der Waals surface area (Å²) < 4.78 is 0. The van der Waals surface area contributed by atoms with Crippen molar-refractivity contribution in [1.29, 1.82) is 0 Å². The van der Waals surface area contributed by atoms with Crippen LogP contribution in [0.5, 0.6) is 0 Å². The topological polar surface area (TPSA) is 29.3 Å². The van der Waals surface area contributed by atoms with E-state index in [-0.39, 0.29) is 11.1 Å². The van der Waals surface area contributed by atoms with Crippen LogP contribution in [0.4, 0.5) is 0 Å². The van der Waals surface area contributed by atoms with Gasteiger partial charge in [-0.1, -0.05) is 13.3 Å². The van der Waals surface area contributed by atoms with Crippen molar-refractivity contribution >= 4 is 0 Å². The number of rotatable bonds is 3. The molecule has 1 heterocycles. The zero-order valence-corrected chi connectivity index (χ0v) is 11.1. The number of nitrogens with zero attached hydrogens (tertiary/aromatic N) is 1. The molecule has 0 spiro atoms. The Kier molecular flexibility index (Phi) is 3.83. The number of hydrogen-bond donors (Lipinski definition) is 1. The van der Waals surface area contributed by atoms with E-state index in [4.69, 9.17) is 5.73 Å². The predicted molar refractivity (Wildman–Crippen MR) is 66.9 cm³/mol. The van der Waals surface area contributed by atoms with E-state index in [2.05, 4.69) is 39.5 Å². The lowest BCUT2D eigenvalue weighted by atomic mass is 9.75. The molecule has 90 valence electrons. The zero-order valence-electron chi connectivity index (χ0n) is 11.1. The van der Waals surface area contributed by atoms with Crippen LogP contribution < -0.4 is 5.73 Å². The second-order valence-electron chi connectivity index (χ2n) is 6.24. The van der Waals surface area contributed by atoms with Gasteiger partial charge in [0, 0.05) is 11.1 Å². The molecule has 0 aromatic carbocycles. The van der Waals surface area contributed by atoms with Crippen LogP contribution in [-0.4, -0.2) is 29.1 Å². The quantitative estimate of drug-likeness (QED) is 0.779. The van der Waals surface area contributed by atoms with Gasteiger partial charge in [-0.2, -0.15) is 0 Å². The molecule has 0 aliphatic carbocycles. The predicted octanol–water partition coefficient (Wildman–Crippen LogP) is 2.62. The molecule has 0 bridgehead atoms. The highest BCUT2D eigenvalue weighted by molar-refractivity contribution is 4.96. The van der Waals surface area contributed by atoms with Gasteiger partial charge in [0.05, 0.1) is 0 Å². The monoisotopic (exact) mass is 212 g/mol. The van der Waals surface area contributed by atoms with Crippen LogP contribution in [0, 0.1) is 5.92 Å². The van der Waals surface area contributed by atoms with Crippen molar-refractivity contribution in [2.24, 2.45) is 11.7 Å². The van der Waals surface area contributed by atoms with Crippen LogP contribution in [0.25, 0.3) is 0 Å². The Morgan fingerprint density at radius 3 is 1.87 bits per heavy atom. The molecule has 2 N–H and O–H groups in total. The first-order valence-corrected chi connectivity index (χ1v) is 6.30. The smallest absolute Gasteiger partial charge is 0.0196 e. The average Bonchev–Trinajstić information content (AvgIpc) is 2.16. The molecule has 0 amide bonds. The van der Waals surface area contributed by atoms with Crippen LogP contribution in [0.2, 0.25) is 0 Å². The molecular weight excluding hydrogens is 184 g/mol. The van der Waals surface area contributed by atoms with E-state index in [0.717, 1.165) is 0 Å². The van der Waals surface area contributed by atoms with Gasteiger partial charge in [-0.05, 0) is 59.5 Å². The molecule has 1 atom stereocenters. The van der Waals surface area contributed by atoms with Crippen molar-refractivity contribution in [1.82, 2.24) is 4.90 Å². The van der Waals surface area contributed by atoms with E-state index in [1.165, 1.54) is 32.4 Å². The van der Waals surface area contributed by atoms with E-state index >= 15 is 0 Å². The molecule has 1 aliphatic rings. The minimum atomic E-state index is -0.0963. The lowest BCUT2D eigenvalue weighted by Gasteiger charge is -2.49.